The van der Waals surface area contributed by atoms with Gasteiger partial charge in [-0.15, -0.1) is 0 Å². The van der Waals surface area contributed by atoms with Gasteiger partial charge in [-0.25, -0.2) is 0 Å². The summed E-state index contributed by atoms with van der Waals surface area (Å²) in [7, 11) is 0. The van der Waals surface area contributed by atoms with Crippen LogP contribution in [0.25, 0.3) is 0 Å². The SMILES string of the molecule is CC(=O)NCC[C@@H]1C[C@@H]1c1cncc(OC[C@@H]2CCN2)c1. The quantitative estimate of drug-likeness (QED) is 0.797. The molecule has 1 saturated heterocycles. The second-order valence-corrected chi connectivity index (χ2v) is 6.08. The van der Waals surface area contributed by atoms with Crippen LogP contribution in [0.2, 0.25) is 0 Å². The van der Waals surface area contributed by atoms with Gasteiger partial charge in [0.05, 0.1) is 6.20 Å². The zero-order chi connectivity index (χ0) is 14.7. The molecule has 1 saturated carbocycles. The smallest absolute Gasteiger partial charge is 0.216 e. The monoisotopic (exact) mass is 289 g/mol. The highest BCUT2D eigenvalue weighted by molar-refractivity contribution is 5.72. The van der Waals surface area contributed by atoms with Crippen molar-refractivity contribution < 1.29 is 9.53 Å². The van der Waals surface area contributed by atoms with Gasteiger partial charge in [0, 0.05) is 25.7 Å². The van der Waals surface area contributed by atoms with Crippen molar-refractivity contribution in [1.29, 1.82) is 0 Å². The summed E-state index contributed by atoms with van der Waals surface area (Å²) in [5, 5.41) is 6.18. The van der Waals surface area contributed by atoms with E-state index >= 15 is 0 Å². The lowest BCUT2D eigenvalue weighted by Crippen LogP contribution is -2.46. The maximum Gasteiger partial charge on any atom is 0.216 e. The highest BCUT2D eigenvalue weighted by atomic mass is 16.5. The topological polar surface area (TPSA) is 63.2 Å². The average molecular weight is 289 g/mol. The third kappa shape index (κ3) is 3.94. The zero-order valence-electron chi connectivity index (χ0n) is 12.5. The molecule has 1 aromatic heterocycles. The Morgan fingerprint density at radius 3 is 3.10 bits per heavy atom. The summed E-state index contributed by atoms with van der Waals surface area (Å²) in [5.74, 6) is 2.17. The van der Waals surface area contributed by atoms with Crippen molar-refractivity contribution in [2.75, 3.05) is 19.7 Å². The van der Waals surface area contributed by atoms with E-state index in [1.54, 1.807) is 13.1 Å². The second kappa shape index (κ2) is 6.43. The minimum absolute atomic E-state index is 0.0499. The van der Waals surface area contributed by atoms with Crippen molar-refractivity contribution in [3.8, 4) is 5.75 Å². The molecule has 0 radical (unpaired) electrons. The van der Waals surface area contributed by atoms with Gasteiger partial charge in [-0.3, -0.25) is 9.78 Å². The maximum absolute atomic E-state index is 10.9. The van der Waals surface area contributed by atoms with Gasteiger partial charge >= 0.3 is 0 Å². The van der Waals surface area contributed by atoms with E-state index in [0.717, 1.165) is 31.9 Å². The Hall–Kier alpha value is -1.62. The normalized spacial score (nSPS) is 26.8. The predicted octanol–water partition coefficient (Wildman–Crippen LogP) is 1.45. The van der Waals surface area contributed by atoms with Crippen LogP contribution in [0.1, 0.15) is 37.7 Å². The Morgan fingerprint density at radius 1 is 1.52 bits per heavy atom. The molecule has 114 valence electrons. The maximum atomic E-state index is 10.9. The number of carbonyl (C=O) groups excluding carboxylic acids is 1. The van der Waals surface area contributed by atoms with E-state index < -0.39 is 0 Å². The Bertz CT molecular complexity index is 502. The molecule has 2 N–H and O–H groups in total. The summed E-state index contributed by atoms with van der Waals surface area (Å²) in [6.07, 6.45) is 7.16. The van der Waals surface area contributed by atoms with Crippen LogP contribution in [-0.2, 0) is 4.79 Å². The molecular weight excluding hydrogens is 266 g/mol. The van der Waals surface area contributed by atoms with Gasteiger partial charge in [-0.2, -0.15) is 0 Å². The van der Waals surface area contributed by atoms with Crippen LogP contribution in [0.5, 0.6) is 5.75 Å². The van der Waals surface area contributed by atoms with Crippen LogP contribution < -0.4 is 15.4 Å². The van der Waals surface area contributed by atoms with Gasteiger partial charge in [0.2, 0.25) is 5.91 Å². The van der Waals surface area contributed by atoms with Gasteiger partial charge in [0.15, 0.2) is 0 Å². The Labute approximate surface area is 125 Å². The molecule has 2 heterocycles. The lowest BCUT2D eigenvalue weighted by Gasteiger charge is -2.27. The number of nitrogens with zero attached hydrogens (tertiary/aromatic N) is 1. The standard InChI is InChI=1S/C16H23N3O2/c1-11(20)18-4-2-12-7-16(12)13-6-15(9-17-8-13)21-10-14-3-5-19-14/h6,8-9,12,14,16,19H,2-5,7,10H2,1H3,(H,18,20)/t12-,14+,16+/m1/s1. The summed E-state index contributed by atoms with van der Waals surface area (Å²) in [5.41, 5.74) is 1.27. The van der Waals surface area contributed by atoms with E-state index in [1.165, 1.54) is 18.4 Å². The minimum atomic E-state index is 0.0499. The first-order valence-electron chi connectivity index (χ1n) is 7.78. The third-order valence-electron chi connectivity index (χ3n) is 4.35. The fraction of sp³-hybridized carbons (Fsp3) is 0.625. The van der Waals surface area contributed by atoms with E-state index in [0.29, 0.717) is 17.9 Å². The van der Waals surface area contributed by atoms with Crippen LogP contribution in [-0.4, -0.2) is 36.6 Å². The molecule has 0 aromatic carbocycles. The molecule has 0 bridgehead atoms. The van der Waals surface area contributed by atoms with Crippen LogP contribution in [0.15, 0.2) is 18.5 Å². The van der Waals surface area contributed by atoms with Crippen molar-refractivity contribution >= 4 is 5.91 Å². The highest BCUT2D eigenvalue weighted by Gasteiger charge is 2.38. The number of ether oxygens (including phenoxy) is 1. The van der Waals surface area contributed by atoms with Gasteiger partial charge in [0.25, 0.3) is 0 Å². The number of nitrogens with one attached hydrogen (secondary N) is 2. The lowest BCUT2D eigenvalue weighted by molar-refractivity contribution is -0.118. The van der Waals surface area contributed by atoms with E-state index in [1.807, 2.05) is 6.20 Å². The molecule has 2 fully saturated rings. The molecule has 0 spiro atoms. The summed E-state index contributed by atoms with van der Waals surface area (Å²) >= 11 is 0. The zero-order valence-corrected chi connectivity index (χ0v) is 12.5. The van der Waals surface area contributed by atoms with Gasteiger partial charge in [-0.05, 0) is 49.3 Å². The first-order chi connectivity index (χ1) is 10.2. The first-order valence-corrected chi connectivity index (χ1v) is 7.78. The summed E-state index contributed by atoms with van der Waals surface area (Å²) in [6, 6.07) is 2.62. The van der Waals surface area contributed by atoms with Crippen molar-refractivity contribution in [2.45, 2.75) is 38.1 Å². The van der Waals surface area contributed by atoms with E-state index in [9.17, 15) is 4.79 Å². The molecule has 1 aliphatic heterocycles. The number of rotatable bonds is 7. The van der Waals surface area contributed by atoms with Gasteiger partial charge < -0.3 is 15.4 Å². The largest absolute Gasteiger partial charge is 0.490 e. The molecule has 1 aliphatic carbocycles. The van der Waals surface area contributed by atoms with E-state index in [4.69, 9.17) is 4.74 Å². The fourth-order valence-electron chi connectivity index (χ4n) is 2.81. The average Bonchev–Trinajstić information content (AvgIpc) is 3.16. The molecule has 3 rings (SSSR count). The molecular formula is C16H23N3O2. The summed E-state index contributed by atoms with van der Waals surface area (Å²) in [6.45, 7) is 4.16. The van der Waals surface area contributed by atoms with Gasteiger partial charge in [0.1, 0.15) is 12.4 Å². The number of aromatic nitrogens is 1. The lowest BCUT2D eigenvalue weighted by atomic mass is 10.1. The molecule has 1 aromatic rings. The molecule has 1 amide bonds. The highest BCUT2D eigenvalue weighted by Crippen LogP contribution is 2.49. The Morgan fingerprint density at radius 2 is 2.38 bits per heavy atom. The molecule has 5 nitrogen and oxygen atoms in total. The summed E-state index contributed by atoms with van der Waals surface area (Å²) in [4.78, 5) is 15.2. The van der Waals surface area contributed by atoms with Crippen molar-refractivity contribution in [1.82, 2.24) is 15.6 Å². The number of hydrogen-bond acceptors (Lipinski definition) is 4. The van der Waals surface area contributed by atoms with Crippen molar-refractivity contribution in [2.24, 2.45) is 5.92 Å². The number of carbonyl (C=O) groups is 1. The fourth-order valence-corrected chi connectivity index (χ4v) is 2.81. The van der Waals surface area contributed by atoms with Crippen molar-refractivity contribution in [3.05, 3.63) is 24.0 Å². The molecule has 0 unspecified atom stereocenters. The van der Waals surface area contributed by atoms with Crippen LogP contribution >= 0.6 is 0 Å². The third-order valence-corrected chi connectivity index (χ3v) is 4.35. The Balaban J connectivity index is 1.46. The molecule has 2 aliphatic rings. The van der Waals surface area contributed by atoms with Gasteiger partial charge in [-0.1, -0.05) is 0 Å². The minimum Gasteiger partial charge on any atom is -0.490 e. The number of hydrogen-bond donors (Lipinski definition) is 2. The number of amides is 1. The first kappa shape index (κ1) is 14.3. The van der Waals surface area contributed by atoms with Crippen LogP contribution in [0.3, 0.4) is 0 Å². The number of pyridine rings is 1. The van der Waals surface area contributed by atoms with Crippen LogP contribution in [0.4, 0.5) is 0 Å². The molecule has 21 heavy (non-hydrogen) atoms. The molecule has 5 heteroatoms. The second-order valence-electron chi connectivity index (χ2n) is 6.08. The van der Waals surface area contributed by atoms with Crippen molar-refractivity contribution in [3.63, 3.8) is 0 Å². The Kier molecular flexibility index (Phi) is 4.39. The van der Waals surface area contributed by atoms with Crippen LogP contribution in [0, 0.1) is 5.92 Å². The van der Waals surface area contributed by atoms with E-state index in [-0.39, 0.29) is 5.91 Å². The predicted molar refractivity (Wildman–Crippen MR) is 80.3 cm³/mol. The summed E-state index contributed by atoms with van der Waals surface area (Å²) < 4.78 is 5.79. The van der Waals surface area contributed by atoms with E-state index in [2.05, 4.69) is 21.7 Å². The molecule has 3 atom stereocenters.